The predicted octanol–water partition coefficient (Wildman–Crippen LogP) is 14.2. The van der Waals surface area contributed by atoms with Crippen molar-refractivity contribution in [2.24, 2.45) is 0 Å². The first-order valence-electron chi connectivity index (χ1n) is 20.1. The highest BCUT2D eigenvalue weighted by atomic mass is 15.0. The van der Waals surface area contributed by atoms with Crippen LogP contribution in [0.2, 0.25) is 0 Å². The molecule has 1 aliphatic rings. The van der Waals surface area contributed by atoms with Gasteiger partial charge in [0.15, 0.2) is 17.5 Å². The Morgan fingerprint density at radius 1 is 0.250 bits per heavy atom. The standard InChI is InChI=1S/C56H34N4/c57-35-36-15-17-41(18-16-36)46-31-33-50-48-13-7-8-14-49(48)51-34-32-47(52(46)53(50)51)42-25-19-39(20-26-42)40-23-29-45(30-24-40)56-59-54(43-11-5-2-6-12-43)58-55(60-56)44-27-21-38(22-28-44)37-9-3-1-4-10-37/h1-34H. The lowest BCUT2D eigenvalue weighted by molar-refractivity contribution is 1.07. The average Bonchev–Trinajstić information content (AvgIpc) is 3.66. The predicted molar refractivity (Wildman–Crippen MR) is 245 cm³/mol. The molecule has 0 unspecified atom stereocenters. The van der Waals surface area contributed by atoms with Gasteiger partial charge in [-0.25, -0.2) is 15.0 Å². The van der Waals surface area contributed by atoms with Gasteiger partial charge in [-0.3, -0.25) is 0 Å². The SMILES string of the molecule is N#Cc1ccc(-c2ccc3c4c(ccc(-c5ccc(-c6ccc(-c7nc(-c8ccccc8)nc(-c8ccc(-c9ccccc9)cc8)n7)cc6)cc5)c24)-c2ccccc2-3)cc1. The Morgan fingerprint density at radius 2 is 0.550 bits per heavy atom. The Bertz CT molecular complexity index is 3230. The van der Waals surface area contributed by atoms with Gasteiger partial charge in [-0.1, -0.05) is 194 Å². The van der Waals surface area contributed by atoms with Crippen LogP contribution in [0.3, 0.4) is 0 Å². The van der Waals surface area contributed by atoms with Gasteiger partial charge in [-0.15, -0.1) is 0 Å². The third-order valence-electron chi connectivity index (χ3n) is 11.6. The van der Waals surface area contributed by atoms with Crippen LogP contribution in [-0.4, -0.2) is 15.0 Å². The van der Waals surface area contributed by atoms with E-state index in [-0.39, 0.29) is 0 Å². The molecule has 0 atom stereocenters. The van der Waals surface area contributed by atoms with E-state index >= 15 is 0 Å². The number of benzene rings is 9. The molecule has 0 N–H and O–H groups in total. The maximum Gasteiger partial charge on any atom is 0.164 e. The molecular weight excluding hydrogens is 729 g/mol. The van der Waals surface area contributed by atoms with Crippen molar-refractivity contribution in [2.45, 2.75) is 0 Å². The van der Waals surface area contributed by atoms with E-state index in [2.05, 4.69) is 164 Å². The van der Waals surface area contributed by atoms with Gasteiger partial charge in [0.25, 0.3) is 0 Å². The van der Waals surface area contributed by atoms with Crippen LogP contribution in [0.5, 0.6) is 0 Å². The highest BCUT2D eigenvalue weighted by molar-refractivity contribution is 6.22. The zero-order valence-electron chi connectivity index (χ0n) is 32.4. The van der Waals surface area contributed by atoms with E-state index in [1.54, 1.807) is 0 Å². The summed E-state index contributed by atoms with van der Waals surface area (Å²) in [6.07, 6.45) is 0. The van der Waals surface area contributed by atoms with Crippen molar-refractivity contribution in [2.75, 3.05) is 0 Å². The van der Waals surface area contributed by atoms with Crippen LogP contribution < -0.4 is 0 Å². The highest BCUT2D eigenvalue weighted by Gasteiger charge is 2.25. The molecule has 1 aromatic heterocycles. The Balaban J connectivity index is 0.943. The first-order valence-corrected chi connectivity index (χ1v) is 20.1. The van der Waals surface area contributed by atoms with E-state index < -0.39 is 0 Å². The van der Waals surface area contributed by atoms with Crippen LogP contribution in [-0.2, 0) is 0 Å². The molecule has 0 radical (unpaired) electrons. The molecule has 0 spiro atoms. The topological polar surface area (TPSA) is 62.5 Å². The fraction of sp³-hybridized carbons (Fsp3) is 0. The molecular formula is C56H34N4. The van der Waals surface area contributed by atoms with E-state index in [0.717, 1.165) is 50.1 Å². The summed E-state index contributed by atoms with van der Waals surface area (Å²) >= 11 is 0. The van der Waals surface area contributed by atoms with Crippen molar-refractivity contribution >= 4 is 10.8 Å². The fourth-order valence-electron chi connectivity index (χ4n) is 8.55. The number of aromatic nitrogens is 3. The maximum absolute atomic E-state index is 9.49. The van der Waals surface area contributed by atoms with Crippen LogP contribution >= 0.6 is 0 Å². The molecule has 1 aliphatic carbocycles. The number of hydrogen-bond donors (Lipinski definition) is 0. The molecule has 0 amide bonds. The molecule has 0 bridgehead atoms. The minimum absolute atomic E-state index is 0.625. The van der Waals surface area contributed by atoms with Crippen molar-refractivity contribution in [3.8, 4) is 107 Å². The summed E-state index contributed by atoms with van der Waals surface area (Å²) < 4.78 is 0. The first-order chi connectivity index (χ1) is 29.7. The van der Waals surface area contributed by atoms with Crippen LogP contribution in [0.1, 0.15) is 5.56 Å². The van der Waals surface area contributed by atoms with Gasteiger partial charge in [-0.05, 0) is 89.7 Å². The molecule has 0 aliphatic heterocycles. The third kappa shape index (κ3) is 6.14. The number of rotatable bonds is 7. The molecule has 278 valence electrons. The summed E-state index contributed by atoms with van der Waals surface area (Å²) in [5.74, 6) is 1.89. The minimum atomic E-state index is 0.625. The lowest BCUT2D eigenvalue weighted by Gasteiger charge is -2.15. The van der Waals surface area contributed by atoms with Crippen LogP contribution in [0.15, 0.2) is 206 Å². The Morgan fingerprint density at radius 3 is 0.983 bits per heavy atom. The lowest BCUT2D eigenvalue weighted by Crippen LogP contribution is -2.00. The fourth-order valence-corrected chi connectivity index (χ4v) is 8.55. The van der Waals surface area contributed by atoms with E-state index in [4.69, 9.17) is 15.0 Å². The Labute approximate surface area is 348 Å². The largest absolute Gasteiger partial charge is 0.208 e. The van der Waals surface area contributed by atoms with E-state index in [0.29, 0.717) is 23.0 Å². The zero-order valence-corrected chi connectivity index (χ0v) is 32.4. The molecule has 11 rings (SSSR count). The Kier molecular flexibility index (Phi) is 8.50. The summed E-state index contributed by atoms with van der Waals surface area (Å²) in [5, 5.41) is 12.0. The van der Waals surface area contributed by atoms with Crippen LogP contribution in [0.25, 0.3) is 112 Å². The van der Waals surface area contributed by atoms with Crippen molar-refractivity contribution < 1.29 is 0 Å². The lowest BCUT2D eigenvalue weighted by atomic mass is 9.88. The maximum atomic E-state index is 9.49. The third-order valence-corrected chi connectivity index (χ3v) is 11.6. The second kappa shape index (κ2) is 14.6. The average molecular weight is 763 g/mol. The van der Waals surface area contributed by atoms with Gasteiger partial charge in [0.2, 0.25) is 0 Å². The summed E-state index contributed by atoms with van der Waals surface area (Å²) in [6, 6.07) is 74.1. The van der Waals surface area contributed by atoms with Gasteiger partial charge in [0, 0.05) is 16.7 Å². The molecule has 0 fully saturated rings. The highest BCUT2D eigenvalue weighted by Crippen LogP contribution is 2.52. The second-order valence-corrected chi connectivity index (χ2v) is 15.1. The number of nitriles is 1. The van der Waals surface area contributed by atoms with Gasteiger partial charge in [0.1, 0.15) is 0 Å². The van der Waals surface area contributed by atoms with E-state index in [1.165, 1.54) is 44.2 Å². The normalized spacial score (nSPS) is 11.3. The summed E-state index contributed by atoms with van der Waals surface area (Å²) in [7, 11) is 0. The Hall–Kier alpha value is -8.26. The van der Waals surface area contributed by atoms with E-state index in [1.807, 2.05) is 48.5 Å². The molecule has 4 heteroatoms. The monoisotopic (exact) mass is 762 g/mol. The molecule has 1 heterocycles. The van der Waals surface area contributed by atoms with Crippen LogP contribution in [0, 0.1) is 11.3 Å². The number of fused-ring (bicyclic) bond motifs is 3. The number of hydrogen-bond acceptors (Lipinski definition) is 4. The van der Waals surface area contributed by atoms with Crippen molar-refractivity contribution in [3.63, 3.8) is 0 Å². The molecule has 4 nitrogen and oxygen atoms in total. The summed E-state index contributed by atoms with van der Waals surface area (Å²) in [6.45, 7) is 0. The van der Waals surface area contributed by atoms with Crippen LogP contribution in [0.4, 0.5) is 0 Å². The van der Waals surface area contributed by atoms with Crippen molar-refractivity contribution in [1.82, 2.24) is 15.0 Å². The molecule has 0 saturated carbocycles. The summed E-state index contributed by atoms with van der Waals surface area (Å²) in [5.41, 5.74) is 17.6. The van der Waals surface area contributed by atoms with Crippen molar-refractivity contribution in [1.29, 1.82) is 5.26 Å². The zero-order chi connectivity index (χ0) is 40.0. The van der Waals surface area contributed by atoms with Crippen molar-refractivity contribution in [3.05, 3.63) is 212 Å². The van der Waals surface area contributed by atoms with Gasteiger partial charge < -0.3 is 0 Å². The smallest absolute Gasteiger partial charge is 0.164 e. The molecule has 10 aromatic rings. The summed E-state index contributed by atoms with van der Waals surface area (Å²) in [4.78, 5) is 14.9. The minimum Gasteiger partial charge on any atom is -0.208 e. The van der Waals surface area contributed by atoms with Gasteiger partial charge in [-0.2, -0.15) is 5.26 Å². The number of nitrogens with zero attached hydrogens (tertiary/aromatic N) is 4. The van der Waals surface area contributed by atoms with E-state index in [9.17, 15) is 5.26 Å². The second-order valence-electron chi connectivity index (χ2n) is 15.1. The van der Waals surface area contributed by atoms with Gasteiger partial charge >= 0.3 is 0 Å². The molecule has 60 heavy (non-hydrogen) atoms. The molecule has 9 aromatic carbocycles. The molecule has 0 saturated heterocycles. The first kappa shape index (κ1) is 34.9. The van der Waals surface area contributed by atoms with Gasteiger partial charge in [0.05, 0.1) is 11.6 Å². The quantitative estimate of drug-likeness (QED) is 0.162.